The van der Waals surface area contributed by atoms with E-state index in [4.69, 9.17) is 14.7 Å². The molecule has 1 atom stereocenters. The minimum Gasteiger partial charge on any atom is -0.494 e. The van der Waals surface area contributed by atoms with Crippen LogP contribution in [-0.2, 0) is 18.9 Å². The summed E-state index contributed by atoms with van der Waals surface area (Å²) in [4.78, 5) is 26.6. The molecule has 1 aliphatic rings. The standard InChI is InChI=1S/C33H39N9O2/c1-21(43)36-27-14-28(31(44-6)15-30(27)40(3)19-23-10-9-13-39(23)2)37-33-34-17-25(22-16-35-42(5)18-22)32(38-33)26-20-41(4)29-12-8-7-11-24(26)29/h7-8,11-12,14-18,20,23H,9-10,13,19H2,1-6H3,(H,36,43)(H,34,37,38). The number of nitrogens with one attached hydrogen (secondary N) is 2. The van der Waals surface area contributed by atoms with Crippen LogP contribution in [0.15, 0.2) is 61.2 Å². The molecule has 5 aromatic rings. The van der Waals surface area contributed by atoms with E-state index in [-0.39, 0.29) is 5.91 Å². The Morgan fingerprint density at radius 3 is 2.61 bits per heavy atom. The largest absolute Gasteiger partial charge is 0.494 e. The van der Waals surface area contributed by atoms with Crippen LogP contribution in [0, 0.1) is 0 Å². The third-order valence-corrected chi connectivity index (χ3v) is 8.40. The third kappa shape index (κ3) is 5.70. The molecule has 1 fully saturated rings. The molecule has 6 rings (SSSR count). The molecule has 2 aromatic carbocycles. The van der Waals surface area contributed by atoms with Crippen LogP contribution in [-0.4, -0.2) is 75.5 Å². The number of hydrogen-bond donors (Lipinski definition) is 2. The maximum Gasteiger partial charge on any atom is 0.227 e. The summed E-state index contributed by atoms with van der Waals surface area (Å²) < 4.78 is 9.72. The van der Waals surface area contributed by atoms with Crippen molar-refractivity contribution >= 4 is 39.8 Å². The Morgan fingerprint density at radius 1 is 1.09 bits per heavy atom. The highest BCUT2D eigenvalue weighted by Crippen LogP contribution is 2.40. The summed E-state index contributed by atoms with van der Waals surface area (Å²) >= 11 is 0. The normalized spacial score (nSPS) is 15.1. The molecule has 11 heteroatoms. The molecule has 0 radical (unpaired) electrons. The number of benzene rings is 2. The predicted octanol–water partition coefficient (Wildman–Crippen LogP) is 5.28. The van der Waals surface area contributed by atoms with Crippen LogP contribution in [0.4, 0.5) is 23.0 Å². The smallest absolute Gasteiger partial charge is 0.227 e. The van der Waals surface area contributed by atoms with E-state index in [0.717, 1.165) is 58.5 Å². The minimum atomic E-state index is -0.149. The highest BCUT2D eigenvalue weighted by atomic mass is 16.5. The Balaban J connectivity index is 1.41. The second-order valence-corrected chi connectivity index (χ2v) is 11.6. The Hall–Kier alpha value is -4.90. The first kappa shape index (κ1) is 29.2. The van der Waals surface area contributed by atoms with Crippen LogP contribution in [0.2, 0.25) is 0 Å². The van der Waals surface area contributed by atoms with Gasteiger partial charge in [0.05, 0.1) is 36.1 Å². The number of aryl methyl sites for hydroxylation is 2. The summed E-state index contributed by atoms with van der Waals surface area (Å²) in [5.41, 5.74) is 6.89. The van der Waals surface area contributed by atoms with Gasteiger partial charge in [0, 0.05) is 92.9 Å². The van der Waals surface area contributed by atoms with Crippen LogP contribution in [0.1, 0.15) is 19.8 Å². The maximum absolute atomic E-state index is 12.3. The summed E-state index contributed by atoms with van der Waals surface area (Å²) in [5.74, 6) is 0.873. The van der Waals surface area contributed by atoms with Crippen LogP contribution in [0.3, 0.4) is 0 Å². The van der Waals surface area contributed by atoms with Crippen LogP contribution < -0.4 is 20.3 Å². The number of fused-ring (bicyclic) bond motifs is 1. The fourth-order valence-corrected chi connectivity index (χ4v) is 6.14. The lowest BCUT2D eigenvalue weighted by Gasteiger charge is -2.29. The Morgan fingerprint density at radius 2 is 1.91 bits per heavy atom. The molecule has 1 amide bonds. The van der Waals surface area contributed by atoms with Crippen LogP contribution >= 0.6 is 0 Å². The number of hydrogen-bond acceptors (Lipinski definition) is 8. The number of amides is 1. The second kappa shape index (κ2) is 12.0. The summed E-state index contributed by atoms with van der Waals surface area (Å²) in [5, 5.41) is 11.9. The van der Waals surface area contributed by atoms with E-state index in [1.54, 1.807) is 11.8 Å². The fourth-order valence-electron chi connectivity index (χ4n) is 6.14. The molecule has 2 N–H and O–H groups in total. The lowest BCUT2D eigenvalue weighted by Crippen LogP contribution is -2.37. The quantitative estimate of drug-likeness (QED) is 0.238. The molecular weight excluding hydrogens is 554 g/mol. The molecule has 1 saturated heterocycles. The number of anilines is 4. The fraction of sp³-hybridized carbons (Fsp3) is 0.333. The number of methoxy groups -OCH3 is 1. The van der Waals surface area contributed by atoms with Gasteiger partial charge in [-0.2, -0.15) is 5.10 Å². The van der Waals surface area contributed by atoms with E-state index < -0.39 is 0 Å². The van der Waals surface area contributed by atoms with Crippen molar-refractivity contribution in [2.75, 3.05) is 49.8 Å². The molecule has 0 aliphatic carbocycles. The number of aromatic nitrogens is 5. The van der Waals surface area contributed by atoms with Gasteiger partial charge in [0.2, 0.25) is 11.9 Å². The van der Waals surface area contributed by atoms with E-state index in [0.29, 0.717) is 29.1 Å². The maximum atomic E-state index is 12.3. The lowest BCUT2D eigenvalue weighted by molar-refractivity contribution is -0.114. The molecule has 3 aromatic heterocycles. The zero-order valence-corrected chi connectivity index (χ0v) is 26.1. The van der Waals surface area contributed by atoms with Gasteiger partial charge in [0.25, 0.3) is 0 Å². The van der Waals surface area contributed by atoms with E-state index >= 15 is 0 Å². The number of ether oxygens (including phenoxy) is 1. The Labute approximate surface area is 257 Å². The van der Waals surface area contributed by atoms with Crippen molar-refractivity contribution < 1.29 is 9.53 Å². The van der Waals surface area contributed by atoms with Gasteiger partial charge >= 0.3 is 0 Å². The number of rotatable bonds is 9. The van der Waals surface area contributed by atoms with Crippen molar-refractivity contribution in [1.29, 1.82) is 0 Å². The zero-order valence-electron chi connectivity index (χ0n) is 26.1. The molecule has 1 aliphatic heterocycles. The molecular formula is C33H39N9O2. The van der Waals surface area contributed by atoms with Gasteiger partial charge in [0.15, 0.2) is 0 Å². The van der Waals surface area contributed by atoms with Crippen molar-refractivity contribution in [2.45, 2.75) is 25.8 Å². The van der Waals surface area contributed by atoms with Gasteiger partial charge in [-0.05, 0) is 38.6 Å². The van der Waals surface area contributed by atoms with Crippen LogP contribution in [0.25, 0.3) is 33.3 Å². The molecule has 44 heavy (non-hydrogen) atoms. The van der Waals surface area contributed by atoms with Crippen molar-refractivity contribution in [3.63, 3.8) is 0 Å². The first-order valence-electron chi connectivity index (χ1n) is 14.8. The highest BCUT2D eigenvalue weighted by molar-refractivity contribution is 5.99. The van der Waals surface area contributed by atoms with Gasteiger partial charge in [-0.3, -0.25) is 9.48 Å². The third-order valence-electron chi connectivity index (χ3n) is 8.40. The van der Waals surface area contributed by atoms with E-state index in [1.807, 2.05) is 57.0 Å². The average Bonchev–Trinajstić information content (AvgIpc) is 3.71. The van der Waals surface area contributed by atoms with Gasteiger partial charge < -0.3 is 29.7 Å². The summed E-state index contributed by atoms with van der Waals surface area (Å²) in [6.07, 6.45) is 10.0. The molecule has 0 spiro atoms. The van der Waals surface area contributed by atoms with Crippen molar-refractivity contribution in [3.8, 4) is 28.1 Å². The van der Waals surface area contributed by atoms with Crippen molar-refractivity contribution in [1.82, 2.24) is 29.2 Å². The number of carbonyl (C=O) groups excluding carboxylic acids is 1. The van der Waals surface area contributed by atoms with Gasteiger partial charge in [0.1, 0.15) is 5.75 Å². The first-order chi connectivity index (χ1) is 21.2. The van der Waals surface area contributed by atoms with Crippen molar-refractivity contribution in [2.24, 2.45) is 14.1 Å². The van der Waals surface area contributed by atoms with Gasteiger partial charge in [-0.15, -0.1) is 0 Å². The molecule has 0 bridgehead atoms. The Bertz CT molecular complexity index is 1830. The predicted molar refractivity (Wildman–Crippen MR) is 176 cm³/mol. The summed E-state index contributed by atoms with van der Waals surface area (Å²) in [7, 11) is 9.79. The highest BCUT2D eigenvalue weighted by Gasteiger charge is 2.25. The number of likely N-dealkylation sites (tertiary alicyclic amines) is 1. The summed E-state index contributed by atoms with van der Waals surface area (Å²) in [6, 6.07) is 12.6. The van der Waals surface area contributed by atoms with E-state index in [9.17, 15) is 4.79 Å². The van der Waals surface area contributed by atoms with Crippen LogP contribution in [0.5, 0.6) is 5.75 Å². The van der Waals surface area contributed by atoms with Gasteiger partial charge in [-0.1, -0.05) is 18.2 Å². The first-order valence-corrected chi connectivity index (χ1v) is 14.8. The number of likely N-dealkylation sites (N-methyl/N-ethyl adjacent to an activating group) is 2. The molecule has 228 valence electrons. The van der Waals surface area contributed by atoms with E-state index in [1.165, 1.54) is 13.3 Å². The number of carbonyl (C=O) groups is 1. The SMILES string of the molecule is COc1cc(N(C)CC2CCCN2C)c(NC(C)=O)cc1Nc1ncc(-c2cnn(C)c2)c(-c2cn(C)c3ccccc23)n1. The monoisotopic (exact) mass is 593 g/mol. The molecule has 11 nitrogen and oxygen atoms in total. The summed E-state index contributed by atoms with van der Waals surface area (Å²) in [6.45, 7) is 3.46. The molecule has 1 unspecified atom stereocenters. The topological polar surface area (TPSA) is 105 Å². The van der Waals surface area contributed by atoms with E-state index in [2.05, 4.69) is 62.5 Å². The molecule has 4 heterocycles. The van der Waals surface area contributed by atoms with Crippen molar-refractivity contribution in [3.05, 3.63) is 61.2 Å². The lowest BCUT2D eigenvalue weighted by atomic mass is 10.0. The molecule has 0 saturated carbocycles. The minimum absolute atomic E-state index is 0.149. The number of nitrogens with zero attached hydrogens (tertiary/aromatic N) is 7. The van der Waals surface area contributed by atoms with Gasteiger partial charge in [-0.25, -0.2) is 9.97 Å². The average molecular weight is 594 g/mol. The second-order valence-electron chi connectivity index (χ2n) is 11.6. The number of para-hydroxylation sites is 1. The zero-order chi connectivity index (χ0) is 31.0. The Kier molecular flexibility index (Phi) is 7.96.